The highest BCUT2D eigenvalue weighted by molar-refractivity contribution is 5.30. The Balaban J connectivity index is 2.90. The van der Waals surface area contributed by atoms with Crippen molar-refractivity contribution < 1.29 is 14.2 Å². The van der Waals surface area contributed by atoms with Gasteiger partial charge in [-0.1, -0.05) is 0 Å². The molecule has 1 aromatic rings. The van der Waals surface area contributed by atoms with Gasteiger partial charge < -0.3 is 9.84 Å². The van der Waals surface area contributed by atoms with Gasteiger partial charge in [-0.2, -0.15) is 0 Å². The van der Waals surface area contributed by atoms with Crippen LogP contribution in [-0.2, 0) is 6.42 Å². The molecule has 0 spiro atoms. The topological polar surface area (TPSA) is 29.5 Å². The van der Waals surface area contributed by atoms with E-state index in [1.165, 1.54) is 13.2 Å². The Kier molecular flexibility index (Phi) is 3.25. The maximum absolute atomic E-state index is 13.1. The van der Waals surface area contributed by atoms with E-state index in [0.29, 0.717) is 17.7 Å². The monoisotopic (exact) mass is 184 g/mol. The number of methoxy groups -OCH3 is 1. The van der Waals surface area contributed by atoms with Crippen LogP contribution in [0.1, 0.15) is 12.5 Å². The summed E-state index contributed by atoms with van der Waals surface area (Å²) in [6.07, 6.45) is -0.232. The molecule has 1 atom stereocenters. The molecule has 3 heteroatoms. The van der Waals surface area contributed by atoms with E-state index in [4.69, 9.17) is 9.84 Å². The lowest BCUT2D eigenvalue weighted by molar-refractivity contribution is 0.194. The van der Waals surface area contributed by atoms with Gasteiger partial charge in [-0.3, -0.25) is 0 Å². The van der Waals surface area contributed by atoms with Crippen molar-refractivity contribution in [2.24, 2.45) is 0 Å². The number of halogens is 1. The van der Waals surface area contributed by atoms with E-state index < -0.39 is 6.10 Å². The second kappa shape index (κ2) is 4.23. The van der Waals surface area contributed by atoms with Crippen LogP contribution in [0.2, 0.25) is 0 Å². The Labute approximate surface area is 77.0 Å². The Bertz CT molecular complexity index is 284. The zero-order valence-corrected chi connectivity index (χ0v) is 7.75. The van der Waals surface area contributed by atoms with E-state index in [1.54, 1.807) is 19.1 Å². The fourth-order valence-electron chi connectivity index (χ4n) is 1.15. The predicted octanol–water partition coefficient (Wildman–Crippen LogP) is 1.76. The minimum absolute atomic E-state index is 0.304. The minimum atomic E-state index is -0.540. The highest BCUT2D eigenvalue weighted by atomic mass is 19.1. The molecule has 0 heterocycles. The Morgan fingerprint density at radius 3 is 2.77 bits per heavy atom. The van der Waals surface area contributed by atoms with Gasteiger partial charge in [0.25, 0.3) is 0 Å². The first-order valence-corrected chi connectivity index (χ1v) is 4.14. The van der Waals surface area contributed by atoms with Gasteiger partial charge in [0.2, 0.25) is 0 Å². The molecule has 1 N–H and O–H groups in total. The summed E-state index contributed by atoms with van der Waals surface area (Å²) in [6.45, 7) is 1.62. The number of hydrogen-bond acceptors (Lipinski definition) is 2. The van der Waals surface area contributed by atoms with Crippen LogP contribution in [0.25, 0.3) is 0 Å². The van der Waals surface area contributed by atoms with Crippen molar-refractivity contribution in [3.05, 3.63) is 29.6 Å². The van der Waals surface area contributed by atoms with E-state index in [1.807, 2.05) is 0 Å². The van der Waals surface area contributed by atoms with Crippen molar-refractivity contribution >= 4 is 0 Å². The maximum atomic E-state index is 13.1. The van der Waals surface area contributed by atoms with E-state index >= 15 is 0 Å². The Morgan fingerprint density at radius 2 is 2.23 bits per heavy atom. The standard InChI is InChI=1S/C10H13FO2/c1-7(12)5-8-6-9(13-2)3-4-10(8)11/h3-4,6-7,12H,5H2,1-2H3. The highest BCUT2D eigenvalue weighted by Crippen LogP contribution is 2.17. The van der Waals surface area contributed by atoms with Gasteiger partial charge in [0, 0.05) is 6.42 Å². The number of aliphatic hydroxyl groups excluding tert-OH is 1. The summed E-state index contributed by atoms with van der Waals surface area (Å²) in [5.41, 5.74) is 0.481. The van der Waals surface area contributed by atoms with Gasteiger partial charge in [0.1, 0.15) is 11.6 Å². The molecule has 0 saturated carbocycles. The van der Waals surface area contributed by atoms with Crippen molar-refractivity contribution in [3.8, 4) is 5.75 Å². The smallest absolute Gasteiger partial charge is 0.126 e. The van der Waals surface area contributed by atoms with Crippen LogP contribution in [0.5, 0.6) is 5.75 Å². The first-order chi connectivity index (χ1) is 6.13. The lowest BCUT2D eigenvalue weighted by atomic mass is 10.1. The Morgan fingerprint density at radius 1 is 1.54 bits per heavy atom. The van der Waals surface area contributed by atoms with Crippen LogP contribution < -0.4 is 4.74 Å². The largest absolute Gasteiger partial charge is 0.497 e. The number of hydrogen-bond donors (Lipinski definition) is 1. The fourth-order valence-corrected chi connectivity index (χ4v) is 1.15. The van der Waals surface area contributed by atoms with Gasteiger partial charge in [-0.25, -0.2) is 4.39 Å². The second-order valence-electron chi connectivity index (χ2n) is 3.01. The second-order valence-corrected chi connectivity index (χ2v) is 3.01. The zero-order chi connectivity index (χ0) is 9.84. The third-order valence-electron chi connectivity index (χ3n) is 1.77. The lowest BCUT2D eigenvalue weighted by Gasteiger charge is -2.07. The summed E-state index contributed by atoms with van der Waals surface area (Å²) in [5, 5.41) is 9.09. The molecule has 1 unspecified atom stereocenters. The number of benzene rings is 1. The highest BCUT2D eigenvalue weighted by Gasteiger charge is 2.06. The molecule has 13 heavy (non-hydrogen) atoms. The van der Waals surface area contributed by atoms with Gasteiger partial charge in [-0.15, -0.1) is 0 Å². The lowest BCUT2D eigenvalue weighted by Crippen LogP contribution is -2.06. The molecule has 2 nitrogen and oxygen atoms in total. The molecule has 0 amide bonds. The summed E-state index contributed by atoms with van der Waals surface area (Å²) in [5.74, 6) is 0.304. The van der Waals surface area contributed by atoms with Crippen LogP contribution >= 0.6 is 0 Å². The molecule has 0 aromatic heterocycles. The molecular weight excluding hydrogens is 171 g/mol. The van der Waals surface area contributed by atoms with E-state index in [-0.39, 0.29) is 5.82 Å². The van der Waals surface area contributed by atoms with Crippen LogP contribution in [0.3, 0.4) is 0 Å². The summed E-state index contributed by atoms with van der Waals surface area (Å²) in [6, 6.07) is 4.50. The number of ether oxygens (including phenoxy) is 1. The molecule has 0 aliphatic rings. The van der Waals surface area contributed by atoms with Gasteiger partial charge in [0.05, 0.1) is 13.2 Å². The van der Waals surface area contributed by atoms with Gasteiger partial charge in [0.15, 0.2) is 0 Å². The fraction of sp³-hybridized carbons (Fsp3) is 0.400. The molecule has 0 saturated heterocycles. The molecule has 0 radical (unpaired) electrons. The minimum Gasteiger partial charge on any atom is -0.497 e. The molecule has 72 valence electrons. The van der Waals surface area contributed by atoms with Gasteiger partial charge >= 0.3 is 0 Å². The average Bonchev–Trinajstić information content (AvgIpc) is 2.08. The molecule has 0 fully saturated rings. The summed E-state index contributed by atoms with van der Waals surface area (Å²) < 4.78 is 18.0. The van der Waals surface area contributed by atoms with Crippen molar-refractivity contribution in [1.29, 1.82) is 0 Å². The van der Waals surface area contributed by atoms with Crippen LogP contribution in [-0.4, -0.2) is 18.3 Å². The third kappa shape index (κ3) is 2.70. The van der Waals surface area contributed by atoms with Crippen molar-refractivity contribution in [2.75, 3.05) is 7.11 Å². The number of rotatable bonds is 3. The summed E-state index contributed by atoms with van der Waals surface area (Å²) in [4.78, 5) is 0. The van der Waals surface area contributed by atoms with Crippen LogP contribution in [0, 0.1) is 5.82 Å². The third-order valence-corrected chi connectivity index (χ3v) is 1.77. The quantitative estimate of drug-likeness (QED) is 0.775. The first-order valence-electron chi connectivity index (χ1n) is 4.14. The molecule has 0 aliphatic carbocycles. The Hall–Kier alpha value is -1.09. The average molecular weight is 184 g/mol. The van der Waals surface area contributed by atoms with E-state index in [2.05, 4.69) is 0 Å². The first kappa shape index (κ1) is 9.99. The van der Waals surface area contributed by atoms with E-state index in [9.17, 15) is 4.39 Å². The predicted molar refractivity (Wildman–Crippen MR) is 48.3 cm³/mol. The molecule has 0 bridgehead atoms. The normalized spacial score (nSPS) is 12.6. The number of aliphatic hydroxyl groups is 1. The summed E-state index contributed by atoms with van der Waals surface area (Å²) >= 11 is 0. The van der Waals surface area contributed by atoms with Crippen LogP contribution in [0.15, 0.2) is 18.2 Å². The molecule has 0 aliphatic heterocycles. The van der Waals surface area contributed by atoms with Crippen LogP contribution in [0.4, 0.5) is 4.39 Å². The van der Waals surface area contributed by atoms with Crippen molar-refractivity contribution in [2.45, 2.75) is 19.4 Å². The van der Waals surface area contributed by atoms with E-state index in [0.717, 1.165) is 0 Å². The van der Waals surface area contributed by atoms with Gasteiger partial charge in [-0.05, 0) is 30.7 Å². The molecule has 1 rings (SSSR count). The molecule has 1 aromatic carbocycles. The zero-order valence-electron chi connectivity index (χ0n) is 7.75. The summed E-state index contributed by atoms with van der Waals surface area (Å²) in [7, 11) is 1.53. The molecular formula is C10H13FO2. The van der Waals surface area contributed by atoms with Crippen molar-refractivity contribution in [1.82, 2.24) is 0 Å². The van der Waals surface area contributed by atoms with Crippen molar-refractivity contribution in [3.63, 3.8) is 0 Å². The SMILES string of the molecule is COc1ccc(F)c(CC(C)O)c1. The maximum Gasteiger partial charge on any atom is 0.126 e.